The van der Waals surface area contributed by atoms with E-state index in [1.807, 2.05) is 44.2 Å². The molecule has 1 heterocycles. The fourth-order valence-electron chi connectivity index (χ4n) is 2.15. The van der Waals surface area contributed by atoms with Gasteiger partial charge in [0, 0.05) is 12.7 Å². The lowest BCUT2D eigenvalue weighted by atomic mass is 10.2. The van der Waals surface area contributed by atoms with E-state index in [0.29, 0.717) is 0 Å². The van der Waals surface area contributed by atoms with Crippen molar-refractivity contribution in [2.75, 3.05) is 25.5 Å². The van der Waals surface area contributed by atoms with Gasteiger partial charge < -0.3 is 14.6 Å². The van der Waals surface area contributed by atoms with Gasteiger partial charge in [-0.15, -0.1) is 0 Å². The maximum absolute atomic E-state index is 12.1. The molecule has 2 aromatic rings. The topological polar surface area (TPSA) is 74.6 Å². The molecule has 2 N–H and O–H groups in total. The Morgan fingerprint density at radius 2 is 1.92 bits per heavy atom. The fraction of sp³-hybridized carbons (Fsp3) is 0.333. The van der Waals surface area contributed by atoms with Crippen molar-refractivity contribution in [3.63, 3.8) is 0 Å². The molecule has 128 valence electrons. The van der Waals surface area contributed by atoms with Crippen molar-refractivity contribution in [1.82, 2.24) is 10.2 Å². The largest absolute Gasteiger partial charge is 0.468 e. The molecule has 0 saturated heterocycles. The van der Waals surface area contributed by atoms with Crippen molar-refractivity contribution in [2.45, 2.75) is 19.9 Å². The molecule has 2 rings (SSSR count). The molecule has 0 spiro atoms. The second-order valence-corrected chi connectivity index (χ2v) is 5.78. The Kier molecular flexibility index (Phi) is 6.14. The number of anilines is 1. The third kappa shape index (κ3) is 5.24. The minimum atomic E-state index is -0.228. The number of hydrogen-bond acceptors (Lipinski definition) is 4. The molecule has 1 atom stereocenters. The average Bonchev–Trinajstić information content (AvgIpc) is 3.08. The van der Waals surface area contributed by atoms with Crippen LogP contribution in [-0.2, 0) is 9.59 Å². The summed E-state index contributed by atoms with van der Waals surface area (Å²) >= 11 is 0. The molecule has 0 aliphatic rings. The van der Waals surface area contributed by atoms with Crippen LogP contribution in [0.4, 0.5) is 5.69 Å². The summed E-state index contributed by atoms with van der Waals surface area (Å²) in [4.78, 5) is 25.5. The van der Waals surface area contributed by atoms with Gasteiger partial charge in [-0.05, 0) is 38.1 Å². The molecule has 24 heavy (non-hydrogen) atoms. The van der Waals surface area contributed by atoms with E-state index in [0.717, 1.165) is 17.0 Å². The van der Waals surface area contributed by atoms with Crippen LogP contribution < -0.4 is 10.6 Å². The van der Waals surface area contributed by atoms with Crippen LogP contribution in [0.25, 0.3) is 0 Å². The molecule has 1 aromatic carbocycles. The zero-order valence-electron chi connectivity index (χ0n) is 14.2. The molecular formula is C18H23N3O3. The number of nitrogens with zero attached hydrogens (tertiary/aromatic N) is 1. The summed E-state index contributed by atoms with van der Waals surface area (Å²) in [6.07, 6.45) is 1.59. The minimum absolute atomic E-state index is 0.00349. The van der Waals surface area contributed by atoms with Gasteiger partial charge in [0.2, 0.25) is 11.8 Å². The number of rotatable bonds is 7. The minimum Gasteiger partial charge on any atom is -0.468 e. The van der Waals surface area contributed by atoms with Gasteiger partial charge in [0.1, 0.15) is 5.76 Å². The van der Waals surface area contributed by atoms with Gasteiger partial charge in [-0.1, -0.05) is 17.7 Å². The highest BCUT2D eigenvalue weighted by Gasteiger charge is 2.15. The van der Waals surface area contributed by atoms with Crippen molar-refractivity contribution in [1.29, 1.82) is 0 Å². The van der Waals surface area contributed by atoms with Crippen LogP contribution in [0.3, 0.4) is 0 Å². The molecule has 0 radical (unpaired) electrons. The quantitative estimate of drug-likeness (QED) is 0.817. The molecule has 2 amide bonds. The van der Waals surface area contributed by atoms with Gasteiger partial charge in [0.15, 0.2) is 0 Å². The SMILES string of the molecule is Cc1ccc(NC(=O)CN(C)C(=O)CN[C@H](C)c2ccco2)cc1. The zero-order chi connectivity index (χ0) is 17.5. The van der Waals surface area contributed by atoms with Crippen LogP contribution in [0.2, 0.25) is 0 Å². The lowest BCUT2D eigenvalue weighted by Crippen LogP contribution is -2.40. The van der Waals surface area contributed by atoms with E-state index in [4.69, 9.17) is 4.42 Å². The number of likely N-dealkylation sites (N-methyl/N-ethyl adjacent to an activating group) is 1. The summed E-state index contributed by atoms with van der Waals surface area (Å²) in [5, 5.41) is 5.85. The Balaban J connectivity index is 1.76. The van der Waals surface area contributed by atoms with E-state index < -0.39 is 0 Å². The number of benzene rings is 1. The van der Waals surface area contributed by atoms with Crippen LogP contribution in [-0.4, -0.2) is 36.9 Å². The van der Waals surface area contributed by atoms with E-state index in [9.17, 15) is 9.59 Å². The van der Waals surface area contributed by atoms with Gasteiger partial charge in [0.05, 0.1) is 25.4 Å². The molecular weight excluding hydrogens is 306 g/mol. The smallest absolute Gasteiger partial charge is 0.243 e. The molecule has 0 aliphatic heterocycles. The van der Waals surface area contributed by atoms with Crippen LogP contribution in [0, 0.1) is 6.92 Å². The molecule has 0 unspecified atom stereocenters. The van der Waals surface area contributed by atoms with Crippen molar-refractivity contribution in [2.24, 2.45) is 0 Å². The number of aryl methyl sites for hydroxylation is 1. The van der Waals surface area contributed by atoms with Crippen molar-refractivity contribution >= 4 is 17.5 Å². The van der Waals surface area contributed by atoms with Crippen molar-refractivity contribution in [3.05, 3.63) is 54.0 Å². The second-order valence-electron chi connectivity index (χ2n) is 5.78. The molecule has 0 fully saturated rings. The zero-order valence-corrected chi connectivity index (χ0v) is 14.2. The normalized spacial score (nSPS) is 11.8. The number of carbonyl (C=O) groups excluding carboxylic acids is 2. The van der Waals surface area contributed by atoms with Crippen LogP contribution >= 0.6 is 0 Å². The van der Waals surface area contributed by atoms with E-state index in [2.05, 4.69) is 10.6 Å². The third-order valence-corrected chi connectivity index (χ3v) is 3.67. The lowest BCUT2D eigenvalue weighted by Gasteiger charge is -2.18. The monoisotopic (exact) mass is 329 g/mol. The van der Waals surface area contributed by atoms with Gasteiger partial charge in [0.25, 0.3) is 0 Å². The van der Waals surface area contributed by atoms with Gasteiger partial charge in [-0.25, -0.2) is 0 Å². The van der Waals surface area contributed by atoms with Gasteiger partial charge in [-0.3, -0.25) is 14.9 Å². The molecule has 0 saturated carbocycles. The van der Waals surface area contributed by atoms with Crippen molar-refractivity contribution in [3.8, 4) is 0 Å². The average molecular weight is 329 g/mol. The fourth-order valence-corrected chi connectivity index (χ4v) is 2.15. The van der Waals surface area contributed by atoms with E-state index in [-0.39, 0.29) is 30.9 Å². The summed E-state index contributed by atoms with van der Waals surface area (Å²) < 4.78 is 5.28. The van der Waals surface area contributed by atoms with Crippen LogP contribution in [0.1, 0.15) is 24.3 Å². The third-order valence-electron chi connectivity index (χ3n) is 3.67. The standard InChI is InChI=1S/C18H23N3O3/c1-13-6-8-15(9-7-13)20-17(22)12-21(3)18(23)11-19-14(2)16-5-4-10-24-16/h4-10,14,19H,11-12H2,1-3H3,(H,20,22)/t14-/m1/s1. The first-order valence-electron chi connectivity index (χ1n) is 7.83. The Labute approximate surface area is 141 Å². The first kappa shape index (κ1) is 17.7. The first-order chi connectivity index (χ1) is 11.5. The van der Waals surface area contributed by atoms with Gasteiger partial charge >= 0.3 is 0 Å². The van der Waals surface area contributed by atoms with E-state index >= 15 is 0 Å². The Morgan fingerprint density at radius 1 is 1.21 bits per heavy atom. The summed E-state index contributed by atoms with van der Waals surface area (Å²) in [5.74, 6) is 0.379. The molecule has 0 aliphatic carbocycles. The molecule has 1 aromatic heterocycles. The highest BCUT2D eigenvalue weighted by atomic mass is 16.3. The maximum atomic E-state index is 12.1. The molecule has 6 nitrogen and oxygen atoms in total. The number of furan rings is 1. The summed E-state index contributed by atoms with van der Waals surface area (Å²) in [6.45, 7) is 4.03. The molecule has 0 bridgehead atoms. The highest BCUT2D eigenvalue weighted by molar-refractivity contribution is 5.94. The van der Waals surface area contributed by atoms with Crippen LogP contribution in [0.5, 0.6) is 0 Å². The van der Waals surface area contributed by atoms with E-state index in [1.165, 1.54) is 4.90 Å². The van der Waals surface area contributed by atoms with Gasteiger partial charge in [-0.2, -0.15) is 0 Å². The lowest BCUT2D eigenvalue weighted by molar-refractivity contribution is -0.132. The number of carbonyl (C=O) groups is 2. The predicted octanol–water partition coefficient (Wildman–Crippen LogP) is 2.34. The van der Waals surface area contributed by atoms with Crippen LogP contribution in [0.15, 0.2) is 47.1 Å². The van der Waals surface area contributed by atoms with Crippen molar-refractivity contribution < 1.29 is 14.0 Å². The number of amides is 2. The molecule has 6 heteroatoms. The Bertz CT molecular complexity index is 665. The number of hydrogen-bond donors (Lipinski definition) is 2. The summed E-state index contributed by atoms with van der Waals surface area (Å²) in [7, 11) is 1.61. The van der Waals surface area contributed by atoms with E-state index in [1.54, 1.807) is 19.4 Å². The Morgan fingerprint density at radius 3 is 2.54 bits per heavy atom. The summed E-state index contributed by atoms with van der Waals surface area (Å²) in [5.41, 5.74) is 1.84. The number of nitrogens with one attached hydrogen (secondary N) is 2. The summed E-state index contributed by atoms with van der Waals surface area (Å²) in [6, 6.07) is 11.1. The highest BCUT2D eigenvalue weighted by Crippen LogP contribution is 2.11. The predicted molar refractivity (Wildman–Crippen MR) is 92.6 cm³/mol. The second kappa shape index (κ2) is 8.31. The Hall–Kier alpha value is -2.60. The maximum Gasteiger partial charge on any atom is 0.243 e. The first-order valence-corrected chi connectivity index (χ1v) is 7.83.